The van der Waals surface area contributed by atoms with Crippen LogP contribution in [0, 0.1) is 0 Å². The van der Waals surface area contributed by atoms with Crippen LogP contribution in [0.2, 0.25) is 5.02 Å². The van der Waals surface area contributed by atoms with E-state index < -0.39 is 0 Å². The monoisotopic (exact) mass is 282 g/mol. The first-order chi connectivity index (χ1) is 9.04. The average molecular weight is 283 g/mol. The molecular formula is C15H23ClN2O. The Hall–Kier alpha value is -1.06. The second kappa shape index (κ2) is 8.18. The Bertz CT molecular complexity index is 392. The van der Waals surface area contributed by atoms with Crippen molar-refractivity contribution >= 4 is 17.5 Å². The van der Waals surface area contributed by atoms with Crippen molar-refractivity contribution in [2.45, 2.75) is 45.7 Å². The second-order valence-corrected chi connectivity index (χ2v) is 5.24. The molecule has 0 radical (unpaired) electrons. The van der Waals surface area contributed by atoms with Crippen LogP contribution in [0.1, 0.15) is 45.2 Å². The van der Waals surface area contributed by atoms with Gasteiger partial charge in [0.25, 0.3) is 0 Å². The number of amides is 1. The number of carbonyl (C=O) groups excluding carboxylic acids is 1. The molecule has 1 aromatic carbocycles. The molecule has 0 spiro atoms. The Labute approximate surface area is 120 Å². The predicted molar refractivity (Wildman–Crippen MR) is 80.4 cm³/mol. The van der Waals surface area contributed by atoms with Gasteiger partial charge in [0.15, 0.2) is 0 Å². The van der Waals surface area contributed by atoms with Gasteiger partial charge in [0.2, 0.25) is 5.91 Å². The lowest BCUT2D eigenvalue weighted by molar-refractivity contribution is -0.122. The van der Waals surface area contributed by atoms with E-state index in [0.29, 0.717) is 0 Å². The highest BCUT2D eigenvalue weighted by molar-refractivity contribution is 6.30. The highest BCUT2D eigenvalue weighted by atomic mass is 35.5. The quantitative estimate of drug-likeness (QED) is 0.754. The Morgan fingerprint density at radius 3 is 2.47 bits per heavy atom. The molecule has 2 N–H and O–H groups in total. The molecule has 0 aliphatic carbocycles. The summed E-state index contributed by atoms with van der Waals surface area (Å²) in [5.74, 6) is 0.0502. The van der Waals surface area contributed by atoms with Crippen molar-refractivity contribution in [3.63, 3.8) is 0 Å². The van der Waals surface area contributed by atoms with E-state index in [1.807, 2.05) is 38.1 Å². The maximum absolute atomic E-state index is 11.8. The summed E-state index contributed by atoms with van der Waals surface area (Å²) >= 11 is 5.86. The van der Waals surface area contributed by atoms with Gasteiger partial charge in [0, 0.05) is 17.6 Å². The number of halogens is 1. The summed E-state index contributed by atoms with van der Waals surface area (Å²) in [4.78, 5) is 11.8. The summed E-state index contributed by atoms with van der Waals surface area (Å²) in [6, 6.07) is 7.58. The van der Waals surface area contributed by atoms with Crippen LogP contribution in [0.5, 0.6) is 0 Å². The number of hydrogen-bond donors (Lipinski definition) is 2. The van der Waals surface area contributed by atoms with E-state index in [2.05, 4.69) is 17.6 Å². The Kier molecular flexibility index (Phi) is 6.89. The van der Waals surface area contributed by atoms with Crippen molar-refractivity contribution in [1.82, 2.24) is 10.6 Å². The van der Waals surface area contributed by atoms with E-state index in [0.717, 1.165) is 30.0 Å². The molecule has 1 aromatic rings. The molecule has 19 heavy (non-hydrogen) atoms. The summed E-state index contributed by atoms with van der Waals surface area (Å²) in [6.07, 6.45) is 2.11. The summed E-state index contributed by atoms with van der Waals surface area (Å²) in [5.41, 5.74) is 1.12. The lowest BCUT2D eigenvalue weighted by Crippen LogP contribution is -2.43. The summed E-state index contributed by atoms with van der Waals surface area (Å²) in [7, 11) is 0. The Morgan fingerprint density at radius 1 is 1.26 bits per heavy atom. The molecule has 4 heteroatoms. The number of nitrogens with one attached hydrogen (secondary N) is 2. The minimum atomic E-state index is -0.206. The van der Waals surface area contributed by atoms with Gasteiger partial charge in [-0.1, -0.05) is 37.1 Å². The standard InChI is InChI=1S/C15H23ClN2O/c1-4-5-10-17-15(19)12(3)18-11(2)13-6-8-14(16)9-7-13/h6-9,11-12,18H,4-5,10H2,1-3H3,(H,17,19). The number of carbonyl (C=O) groups is 1. The normalized spacial score (nSPS) is 13.9. The predicted octanol–water partition coefficient (Wildman–Crippen LogP) is 3.30. The molecule has 0 aliphatic heterocycles. The van der Waals surface area contributed by atoms with Gasteiger partial charge >= 0.3 is 0 Å². The summed E-state index contributed by atoms with van der Waals surface area (Å²) in [6.45, 7) is 6.78. The zero-order chi connectivity index (χ0) is 14.3. The van der Waals surface area contributed by atoms with Gasteiger partial charge in [0.05, 0.1) is 6.04 Å². The molecule has 0 bridgehead atoms. The molecule has 0 saturated heterocycles. The summed E-state index contributed by atoms with van der Waals surface area (Å²) in [5, 5.41) is 6.94. The van der Waals surface area contributed by atoms with Crippen LogP contribution in [0.4, 0.5) is 0 Å². The zero-order valence-electron chi connectivity index (χ0n) is 11.9. The zero-order valence-corrected chi connectivity index (χ0v) is 12.6. The van der Waals surface area contributed by atoms with E-state index in [1.54, 1.807) is 0 Å². The van der Waals surface area contributed by atoms with Crippen LogP contribution in [0.3, 0.4) is 0 Å². The van der Waals surface area contributed by atoms with Crippen molar-refractivity contribution < 1.29 is 4.79 Å². The van der Waals surface area contributed by atoms with E-state index in [4.69, 9.17) is 11.6 Å². The molecule has 0 fully saturated rings. The van der Waals surface area contributed by atoms with Gasteiger partial charge in [-0.05, 0) is 38.0 Å². The van der Waals surface area contributed by atoms with Gasteiger partial charge in [0.1, 0.15) is 0 Å². The van der Waals surface area contributed by atoms with E-state index in [9.17, 15) is 4.79 Å². The molecule has 0 aromatic heterocycles. The van der Waals surface area contributed by atoms with Gasteiger partial charge in [-0.2, -0.15) is 0 Å². The number of unbranched alkanes of at least 4 members (excludes halogenated alkanes) is 1. The summed E-state index contributed by atoms with van der Waals surface area (Å²) < 4.78 is 0. The molecule has 0 aliphatic rings. The molecule has 0 saturated carbocycles. The van der Waals surface area contributed by atoms with Crippen LogP contribution >= 0.6 is 11.6 Å². The lowest BCUT2D eigenvalue weighted by Gasteiger charge is -2.20. The van der Waals surface area contributed by atoms with Gasteiger partial charge in [-0.25, -0.2) is 0 Å². The first-order valence-corrected chi connectivity index (χ1v) is 7.21. The second-order valence-electron chi connectivity index (χ2n) is 4.81. The minimum Gasteiger partial charge on any atom is -0.355 e. The molecule has 1 amide bonds. The van der Waals surface area contributed by atoms with E-state index >= 15 is 0 Å². The van der Waals surface area contributed by atoms with E-state index in [1.165, 1.54) is 0 Å². The smallest absolute Gasteiger partial charge is 0.236 e. The molecule has 1 rings (SSSR count). The third-order valence-electron chi connectivity index (χ3n) is 3.09. The fourth-order valence-electron chi connectivity index (χ4n) is 1.84. The van der Waals surface area contributed by atoms with Crippen molar-refractivity contribution in [3.05, 3.63) is 34.9 Å². The Balaban J connectivity index is 2.44. The third-order valence-corrected chi connectivity index (χ3v) is 3.34. The van der Waals surface area contributed by atoms with E-state index in [-0.39, 0.29) is 18.0 Å². The largest absolute Gasteiger partial charge is 0.355 e. The fourth-order valence-corrected chi connectivity index (χ4v) is 1.97. The highest BCUT2D eigenvalue weighted by Gasteiger charge is 2.15. The maximum atomic E-state index is 11.8. The fraction of sp³-hybridized carbons (Fsp3) is 0.533. The number of benzene rings is 1. The van der Waals surface area contributed by atoms with Gasteiger partial charge in [-0.15, -0.1) is 0 Å². The molecule has 2 atom stereocenters. The van der Waals surface area contributed by atoms with Crippen LogP contribution in [0.25, 0.3) is 0 Å². The van der Waals surface area contributed by atoms with Crippen molar-refractivity contribution in [3.8, 4) is 0 Å². The van der Waals surface area contributed by atoms with Crippen molar-refractivity contribution in [2.75, 3.05) is 6.54 Å². The minimum absolute atomic E-state index is 0.0502. The van der Waals surface area contributed by atoms with Crippen LogP contribution in [-0.2, 0) is 4.79 Å². The highest BCUT2D eigenvalue weighted by Crippen LogP contribution is 2.16. The van der Waals surface area contributed by atoms with Crippen molar-refractivity contribution in [2.24, 2.45) is 0 Å². The first-order valence-electron chi connectivity index (χ1n) is 6.83. The maximum Gasteiger partial charge on any atom is 0.236 e. The van der Waals surface area contributed by atoms with Gasteiger partial charge in [-0.3, -0.25) is 10.1 Å². The van der Waals surface area contributed by atoms with Crippen LogP contribution in [-0.4, -0.2) is 18.5 Å². The SMILES string of the molecule is CCCCNC(=O)C(C)NC(C)c1ccc(Cl)cc1. The Morgan fingerprint density at radius 2 is 1.89 bits per heavy atom. The lowest BCUT2D eigenvalue weighted by atomic mass is 10.1. The van der Waals surface area contributed by atoms with Crippen LogP contribution in [0.15, 0.2) is 24.3 Å². The molecule has 2 unspecified atom stereocenters. The number of hydrogen-bond acceptors (Lipinski definition) is 2. The number of rotatable bonds is 7. The average Bonchev–Trinajstić information content (AvgIpc) is 2.39. The molecular weight excluding hydrogens is 260 g/mol. The van der Waals surface area contributed by atoms with Crippen molar-refractivity contribution in [1.29, 1.82) is 0 Å². The first kappa shape index (κ1) is 16.0. The topological polar surface area (TPSA) is 41.1 Å². The van der Waals surface area contributed by atoms with Gasteiger partial charge < -0.3 is 5.32 Å². The molecule has 106 valence electrons. The molecule has 0 heterocycles. The molecule has 3 nitrogen and oxygen atoms in total. The van der Waals surface area contributed by atoms with Crippen LogP contribution < -0.4 is 10.6 Å². The third kappa shape index (κ3) is 5.62.